The summed E-state index contributed by atoms with van der Waals surface area (Å²) >= 11 is 1.50. The third kappa shape index (κ3) is 4.22. The highest BCUT2D eigenvalue weighted by Gasteiger charge is 2.30. The zero-order valence-electron chi connectivity index (χ0n) is 16.5. The zero-order valence-corrected chi connectivity index (χ0v) is 18.1. The Bertz CT molecular complexity index is 1150. The summed E-state index contributed by atoms with van der Waals surface area (Å²) in [7, 11) is -3.19. The Morgan fingerprint density at radius 1 is 1.17 bits per heavy atom. The average molecular weight is 433 g/mol. The fourth-order valence-corrected chi connectivity index (χ4v) is 5.43. The molecule has 3 aromatic rings. The van der Waals surface area contributed by atoms with Gasteiger partial charge in [-0.25, -0.2) is 26.8 Å². The first-order valence-corrected chi connectivity index (χ1v) is 12.3. The average Bonchev–Trinajstić information content (AvgIpc) is 3.30. The molecule has 154 valence electrons. The van der Waals surface area contributed by atoms with Crippen molar-refractivity contribution in [3.8, 4) is 5.00 Å². The first kappa shape index (κ1) is 20.1. The van der Waals surface area contributed by atoms with Gasteiger partial charge in [-0.15, -0.1) is 11.3 Å². The van der Waals surface area contributed by atoms with Gasteiger partial charge in [-0.1, -0.05) is 29.8 Å². The second kappa shape index (κ2) is 7.89. The van der Waals surface area contributed by atoms with Crippen LogP contribution in [-0.2, 0) is 16.6 Å². The van der Waals surface area contributed by atoms with Gasteiger partial charge >= 0.3 is 5.69 Å². The lowest BCUT2D eigenvalue weighted by molar-refractivity contribution is 0.313. The molecule has 0 N–H and O–H groups in total. The highest BCUT2D eigenvalue weighted by molar-refractivity contribution is 7.88. The number of nitrogens with zero attached hydrogens (tertiary/aromatic N) is 4. The molecule has 1 saturated heterocycles. The van der Waals surface area contributed by atoms with Crippen molar-refractivity contribution >= 4 is 21.4 Å². The summed E-state index contributed by atoms with van der Waals surface area (Å²) < 4.78 is 28.4. The van der Waals surface area contributed by atoms with E-state index in [4.69, 9.17) is 5.10 Å². The molecule has 1 aliphatic rings. The first-order valence-electron chi connectivity index (χ1n) is 9.57. The van der Waals surface area contributed by atoms with Crippen LogP contribution in [0.25, 0.3) is 5.00 Å². The maximum Gasteiger partial charge on any atom is 0.351 e. The van der Waals surface area contributed by atoms with Crippen molar-refractivity contribution in [2.24, 2.45) is 0 Å². The van der Waals surface area contributed by atoms with Gasteiger partial charge in [0, 0.05) is 19.0 Å². The van der Waals surface area contributed by atoms with Crippen LogP contribution in [-0.4, -0.2) is 46.4 Å². The van der Waals surface area contributed by atoms with E-state index < -0.39 is 10.0 Å². The van der Waals surface area contributed by atoms with Gasteiger partial charge in [-0.3, -0.25) is 0 Å². The molecule has 0 bridgehead atoms. The highest BCUT2D eigenvalue weighted by atomic mass is 32.2. The molecule has 0 radical (unpaired) electrons. The number of hydrogen-bond donors (Lipinski definition) is 0. The van der Waals surface area contributed by atoms with E-state index in [1.807, 2.05) is 42.6 Å². The van der Waals surface area contributed by atoms with E-state index in [9.17, 15) is 13.2 Å². The van der Waals surface area contributed by atoms with E-state index in [-0.39, 0.29) is 11.6 Å². The minimum absolute atomic E-state index is 0.0431. The molecular formula is C20H24N4O3S2. The predicted molar refractivity (Wildman–Crippen MR) is 114 cm³/mol. The summed E-state index contributed by atoms with van der Waals surface area (Å²) in [5.74, 6) is 0.764. The van der Waals surface area contributed by atoms with Gasteiger partial charge in [-0.05, 0) is 42.8 Å². The maximum atomic E-state index is 13.2. The number of piperidine rings is 1. The highest BCUT2D eigenvalue weighted by Crippen LogP contribution is 2.29. The van der Waals surface area contributed by atoms with Gasteiger partial charge in [0.1, 0.15) is 10.8 Å². The minimum Gasteiger partial charge on any atom is -0.246 e. The summed E-state index contributed by atoms with van der Waals surface area (Å²) in [4.78, 5) is 13.2. The van der Waals surface area contributed by atoms with Gasteiger partial charge < -0.3 is 0 Å². The van der Waals surface area contributed by atoms with Crippen molar-refractivity contribution in [1.82, 2.24) is 18.7 Å². The van der Waals surface area contributed by atoms with Crippen LogP contribution in [0.2, 0.25) is 0 Å². The van der Waals surface area contributed by atoms with Crippen molar-refractivity contribution in [1.29, 1.82) is 0 Å². The molecule has 7 nitrogen and oxygen atoms in total. The Morgan fingerprint density at radius 2 is 1.93 bits per heavy atom. The molecule has 1 aromatic carbocycles. The van der Waals surface area contributed by atoms with Crippen LogP contribution >= 0.6 is 11.3 Å². The number of benzene rings is 1. The van der Waals surface area contributed by atoms with Gasteiger partial charge in [-0.2, -0.15) is 5.10 Å². The van der Waals surface area contributed by atoms with Crippen LogP contribution in [0.5, 0.6) is 0 Å². The Kier molecular flexibility index (Phi) is 5.46. The number of aromatic nitrogens is 3. The third-order valence-corrected chi connectivity index (χ3v) is 7.45. The topological polar surface area (TPSA) is 77.2 Å². The smallest absolute Gasteiger partial charge is 0.246 e. The molecule has 0 amide bonds. The summed E-state index contributed by atoms with van der Waals surface area (Å²) in [6.45, 7) is 3.34. The lowest BCUT2D eigenvalue weighted by atomic mass is 9.97. The summed E-state index contributed by atoms with van der Waals surface area (Å²) in [5.41, 5.74) is 2.01. The normalized spacial score (nSPS) is 16.3. The molecule has 0 unspecified atom stereocenters. The van der Waals surface area contributed by atoms with E-state index in [2.05, 4.69) is 6.07 Å². The van der Waals surface area contributed by atoms with E-state index >= 15 is 0 Å². The molecule has 29 heavy (non-hydrogen) atoms. The lowest BCUT2D eigenvalue weighted by Crippen LogP contribution is -2.37. The molecule has 1 fully saturated rings. The molecule has 0 atom stereocenters. The predicted octanol–water partition coefficient (Wildman–Crippen LogP) is 2.59. The van der Waals surface area contributed by atoms with Crippen LogP contribution in [0.1, 0.15) is 35.7 Å². The molecule has 9 heteroatoms. The number of sulfonamides is 1. The molecular weight excluding hydrogens is 408 g/mol. The zero-order chi connectivity index (χ0) is 20.6. The Morgan fingerprint density at radius 3 is 2.55 bits per heavy atom. The Hall–Kier alpha value is -2.23. The van der Waals surface area contributed by atoms with Gasteiger partial charge in [0.05, 0.1) is 12.8 Å². The molecule has 0 aliphatic carbocycles. The second-order valence-corrected chi connectivity index (χ2v) is 10.4. The minimum atomic E-state index is -3.19. The van der Waals surface area contributed by atoms with E-state index in [0.717, 1.165) is 22.0 Å². The van der Waals surface area contributed by atoms with Crippen molar-refractivity contribution in [2.75, 3.05) is 19.3 Å². The van der Waals surface area contributed by atoms with E-state index in [0.29, 0.717) is 32.5 Å². The van der Waals surface area contributed by atoms with Crippen LogP contribution in [0.4, 0.5) is 0 Å². The van der Waals surface area contributed by atoms with Crippen LogP contribution in [0.3, 0.4) is 0 Å². The summed E-state index contributed by atoms with van der Waals surface area (Å²) in [6, 6.07) is 11.9. The van der Waals surface area contributed by atoms with E-state index in [1.54, 1.807) is 4.57 Å². The molecule has 0 spiro atoms. The van der Waals surface area contributed by atoms with Gasteiger partial charge in [0.25, 0.3) is 0 Å². The number of hydrogen-bond acceptors (Lipinski definition) is 5. The molecule has 0 saturated carbocycles. The summed E-state index contributed by atoms with van der Waals surface area (Å²) in [6.07, 6.45) is 2.55. The Balaban J connectivity index is 1.69. The largest absolute Gasteiger partial charge is 0.351 e. The summed E-state index contributed by atoms with van der Waals surface area (Å²) in [5, 5.41) is 7.49. The number of aryl methyl sites for hydroxylation is 1. The molecule has 2 aromatic heterocycles. The standard InChI is InChI=1S/C20H24N4O3S2/c1-15-5-3-6-16(13-15)14-23-20(25)24(18-7-4-12-28-18)19(21-23)17-8-10-22(11-9-17)29(2,26)27/h3-7,12-13,17H,8-11,14H2,1-2H3. The third-order valence-electron chi connectivity index (χ3n) is 5.29. The van der Waals surface area contributed by atoms with Crippen molar-refractivity contribution < 1.29 is 8.42 Å². The second-order valence-electron chi connectivity index (χ2n) is 7.51. The monoisotopic (exact) mass is 432 g/mol. The van der Waals surface area contributed by atoms with Gasteiger partial charge in [0.15, 0.2) is 0 Å². The molecule has 3 heterocycles. The fourth-order valence-electron chi connectivity index (χ4n) is 3.83. The van der Waals surface area contributed by atoms with Crippen molar-refractivity contribution in [3.05, 3.63) is 69.2 Å². The lowest BCUT2D eigenvalue weighted by Gasteiger charge is -2.29. The van der Waals surface area contributed by atoms with Crippen molar-refractivity contribution in [3.63, 3.8) is 0 Å². The quantitative estimate of drug-likeness (QED) is 0.621. The molecule has 4 rings (SSSR count). The van der Waals surface area contributed by atoms with Crippen LogP contribution in [0, 0.1) is 6.92 Å². The first-order chi connectivity index (χ1) is 13.8. The van der Waals surface area contributed by atoms with Gasteiger partial charge in [0.2, 0.25) is 10.0 Å². The SMILES string of the molecule is Cc1cccc(Cn2nc(C3CCN(S(C)(=O)=O)CC3)n(-c3cccs3)c2=O)c1. The van der Waals surface area contributed by atoms with E-state index in [1.165, 1.54) is 26.6 Å². The fraction of sp³-hybridized carbons (Fsp3) is 0.400. The number of thiophene rings is 1. The Labute approximate surface area is 174 Å². The van der Waals surface area contributed by atoms with Crippen molar-refractivity contribution in [2.45, 2.75) is 32.2 Å². The maximum absolute atomic E-state index is 13.2. The van der Waals surface area contributed by atoms with Crippen LogP contribution < -0.4 is 5.69 Å². The number of rotatable bonds is 5. The van der Waals surface area contributed by atoms with Crippen LogP contribution in [0.15, 0.2) is 46.6 Å². The molecule has 1 aliphatic heterocycles.